The molecule has 6 nitrogen and oxygen atoms in total. The second-order valence-electron chi connectivity index (χ2n) is 9.94. The van der Waals surface area contributed by atoms with Crippen LogP contribution in [0.2, 0.25) is 0 Å². The zero-order valence-electron chi connectivity index (χ0n) is 21.7. The first-order chi connectivity index (χ1) is 18.1. The Balaban J connectivity index is 1.16. The van der Waals surface area contributed by atoms with Crippen molar-refractivity contribution in [2.75, 3.05) is 13.1 Å². The summed E-state index contributed by atoms with van der Waals surface area (Å²) in [5.41, 5.74) is 6.33. The normalized spacial score (nSPS) is 14.5. The van der Waals surface area contributed by atoms with Gasteiger partial charge >= 0.3 is 0 Å². The summed E-state index contributed by atoms with van der Waals surface area (Å²) in [7, 11) is 0. The summed E-state index contributed by atoms with van der Waals surface area (Å²) in [6.07, 6.45) is 2.05. The maximum atomic E-state index is 12.6. The first kappa shape index (κ1) is 24.9. The van der Waals surface area contributed by atoms with Crippen LogP contribution in [0.25, 0.3) is 11.1 Å². The average molecular weight is 494 g/mol. The lowest BCUT2D eigenvalue weighted by Gasteiger charge is -2.20. The number of hydrogen-bond donors (Lipinski definition) is 1. The van der Waals surface area contributed by atoms with E-state index in [4.69, 9.17) is 0 Å². The molecule has 3 aromatic carbocycles. The second-order valence-corrected chi connectivity index (χ2v) is 9.94. The second kappa shape index (κ2) is 11.5. The molecule has 0 bridgehead atoms. The van der Waals surface area contributed by atoms with Crippen LogP contribution in [-0.4, -0.2) is 38.7 Å². The van der Waals surface area contributed by atoms with E-state index in [0.717, 1.165) is 50.7 Å². The number of nitrogens with zero attached hydrogens (tertiary/aromatic N) is 4. The summed E-state index contributed by atoms with van der Waals surface area (Å²) in [6.45, 7) is 7.75. The van der Waals surface area contributed by atoms with Gasteiger partial charge in [-0.15, -0.1) is 10.2 Å². The molecule has 5 rings (SSSR count). The van der Waals surface area contributed by atoms with Crippen LogP contribution in [-0.2, 0) is 30.7 Å². The van der Waals surface area contributed by atoms with Gasteiger partial charge in [0.05, 0.1) is 6.04 Å². The van der Waals surface area contributed by atoms with Crippen LogP contribution in [0.4, 0.5) is 0 Å². The molecule has 1 aliphatic heterocycles. The molecule has 1 amide bonds. The lowest BCUT2D eigenvalue weighted by atomic mass is 9.99. The van der Waals surface area contributed by atoms with Gasteiger partial charge in [-0.05, 0) is 48.1 Å². The van der Waals surface area contributed by atoms with Crippen molar-refractivity contribution in [3.05, 3.63) is 107 Å². The van der Waals surface area contributed by atoms with Gasteiger partial charge in [-0.3, -0.25) is 9.69 Å². The van der Waals surface area contributed by atoms with Crippen LogP contribution in [0.15, 0.2) is 78.9 Å². The molecule has 6 heteroatoms. The number of amides is 1. The van der Waals surface area contributed by atoms with Gasteiger partial charge in [0.25, 0.3) is 0 Å². The van der Waals surface area contributed by atoms with Gasteiger partial charge in [-0.25, -0.2) is 0 Å². The summed E-state index contributed by atoms with van der Waals surface area (Å²) >= 11 is 0. The molecule has 1 aliphatic rings. The number of nitrogens with one attached hydrogen (secondary N) is 1. The number of carbonyl (C=O) groups is 1. The van der Waals surface area contributed by atoms with Crippen LogP contribution in [0.3, 0.4) is 0 Å². The predicted molar refractivity (Wildman–Crippen MR) is 147 cm³/mol. The number of carbonyl (C=O) groups excluding carboxylic acids is 1. The van der Waals surface area contributed by atoms with Gasteiger partial charge in [0.2, 0.25) is 5.91 Å². The Morgan fingerprint density at radius 2 is 1.65 bits per heavy atom. The van der Waals surface area contributed by atoms with Crippen molar-refractivity contribution < 1.29 is 4.79 Å². The van der Waals surface area contributed by atoms with E-state index >= 15 is 0 Å². The van der Waals surface area contributed by atoms with Crippen molar-refractivity contribution in [3.8, 4) is 11.1 Å². The number of aromatic nitrogens is 3. The van der Waals surface area contributed by atoms with Crippen LogP contribution in [0.5, 0.6) is 0 Å². The van der Waals surface area contributed by atoms with Gasteiger partial charge in [0.1, 0.15) is 5.82 Å². The van der Waals surface area contributed by atoms with Crippen molar-refractivity contribution in [2.24, 2.45) is 0 Å². The van der Waals surface area contributed by atoms with Gasteiger partial charge in [0, 0.05) is 39.0 Å². The average Bonchev–Trinajstić information content (AvgIpc) is 3.23. The molecule has 1 atom stereocenters. The number of fused-ring (bicyclic) bond motifs is 1. The summed E-state index contributed by atoms with van der Waals surface area (Å²) in [5, 5.41) is 12.0. The van der Waals surface area contributed by atoms with E-state index in [1.807, 2.05) is 25.1 Å². The molecule has 0 unspecified atom stereocenters. The van der Waals surface area contributed by atoms with E-state index in [1.54, 1.807) is 0 Å². The molecule has 37 heavy (non-hydrogen) atoms. The number of benzene rings is 3. The van der Waals surface area contributed by atoms with Gasteiger partial charge < -0.3 is 9.88 Å². The monoisotopic (exact) mass is 493 g/mol. The van der Waals surface area contributed by atoms with E-state index in [0.29, 0.717) is 6.42 Å². The van der Waals surface area contributed by atoms with Crippen molar-refractivity contribution in [1.29, 1.82) is 0 Å². The van der Waals surface area contributed by atoms with Gasteiger partial charge in [-0.1, -0.05) is 78.9 Å². The summed E-state index contributed by atoms with van der Waals surface area (Å²) in [5.74, 6) is 1.88. The van der Waals surface area contributed by atoms with Crippen LogP contribution >= 0.6 is 0 Å². The molecule has 0 saturated heterocycles. The van der Waals surface area contributed by atoms with E-state index in [2.05, 4.69) is 92.6 Å². The molecule has 0 radical (unpaired) electrons. The highest BCUT2D eigenvalue weighted by Crippen LogP contribution is 2.24. The minimum Gasteiger partial charge on any atom is -0.346 e. The highest BCUT2D eigenvalue weighted by atomic mass is 16.1. The quantitative estimate of drug-likeness (QED) is 0.370. The molecular weight excluding hydrogens is 458 g/mol. The molecular formula is C31H35N5O. The smallest absolute Gasteiger partial charge is 0.220 e. The van der Waals surface area contributed by atoms with Gasteiger partial charge in [0.15, 0.2) is 5.82 Å². The Hall–Kier alpha value is -3.77. The number of rotatable bonds is 8. The fourth-order valence-corrected chi connectivity index (χ4v) is 5.09. The zero-order chi connectivity index (χ0) is 25.6. The van der Waals surface area contributed by atoms with Crippen LogP contribution in [0, 0.1) is 6.92 Å². The van der Waals surface area contributed by atoms with E-state index in [9.17, 15) is 4.79 Å². The molecule has 0 aliphatic carbocycles. The molecule has 0 spiro atoms. The Morgan fingerprint density at radius 3 is 2.43 bits per heavy atom. The van der Waals surface area contributed by atoms with Crippen LogP contribution < -0.4 is 5.32 Å². The number of aryl methyl sites for hydroxylation is 2. The third-order valence-corrected chi connectivity index (χ3v) is 7.21. The molecule has 0 fully saturated rings. The summed E-state index contributed by atoms with van der Waals surface area (Å²) in [4.78, 5) is 15.0. The fourth-order valence-electron chi connectivity index (χ4n) is 5.09. The highest BCUT2D eigenvalue weighted by molar-refractivity contribution is 5.76. The zero-order valence-corrected chi connectivity index (χ0v) is 21.7. The SMILES string of the molecule is Cc1ccccc1-c1ccc(CN2CCc3nnc([C@@H](C)NC(=O)CCc4ccccc4)n3CC2)cc1. The Labute approximate surface area is 219 Å². The molecule has 0 saturated carbocycles. The molecule has 4 aromatic rings. The van der Waals surface area contributed by atoms with E-state index in [-0.39, 0.29) is 11.9 Å². The third-order valence-electron chi connectivity index (χ3n) is 7.21. The van der Waals surface area contributed by atoms with E-state index < -0.39 is 0 Å². The predicted octanol–water partition coefficient (Wildman–Crippen LogP) is 5.12. The maximum absolute atomic E-state index is 12.6. The molecule has 190 valence electrons. The van der Waals surface area contributed by atoms with E-state index in [1.165, 1.54) is 27.8 Å². The Morgan fingerprint density at radius 1 is 0.892 bits per heavy atom. The van der Waals surface area contributed by atoms with Crippen molar-refractivity contribution in [1.82, 2.24) is 25.0 Å². The fraction of sp³-hybridized carbons (Fsp3) is 0.323. The largest absolute Gasteiger partial charge is 0.346 e. The first-order valence-corrected chi connectivity index (χ1v) is 13.2. The lowest BCUT2D eigenvalue weighted by molar-refractivity contribution is -0.121. The number of hydrogen-bond acceptors (Lipinski definition) is 4. The molecule has 1 aromatic heterocycles. The molecule has 1 N–H and O–H groups in total. The lowest BCUT2D eigenvalue weighted by Crippen LogP contribution is -2.30. The summed E-state index contributed by atoms with van der Waals surface area (Å²) in [6, 6.07) is 27.4. The Bertz CT molecular complexity index is 1330. The molecule has 2 heterocycles. The minimum absolute atomic E-state index is 0.0399. The van der Waals surface area contributed by atoms with Crippen molar-refractivity contribution in [2.45, 2.75) is 52.2 Å². The first-order valence-electron chi connectivity index (χ1n) is 13.2. The highest BCUT2D eigenvalue weighted by Gasteiger charge is 2.23. The third kappa shape index (κ3) is 6.15. The van der Waals surface area contributed by atoms with Crippen LogP contribution in [0.1, 0.15) is 47.7 Å². The maximum Gasteiger partial charge on any atom is 0.220 e. The van der Waals surface area contributed by atoms with Crippen molar-refractivity contribution in [3.63, 3.8) is 0 Å². The van der Waals surface area contributed by atoms with Crippen molar-refractivity contribution >= 4 is 5.91 Å². The van der Waals surface area contributed by atoms with Gasteiger partial charge in [-0.2, -0.15) is 0 Å². The topological polar surface area (TPSA) is 63.1 Å². The summed E-state index contributed by atoms with van der Waals surface area (Å²) < 4.78 is 2.20. The minimum atomic E-state index is -0.176. The Kier molecular flexibility index (Phi) is 7.76. The standard InChI is InChI=1S/C31H35N5O/c1-23-8-6-7-11-28(23)27-15-12-26(13-16-27)22-35-19-18-29-33-34-31(36(29)21-20-35)24(2)32-30(37)17-14-25-9-4-3-5-10-25/h3-13,15-16,24H,14,17-22H2,1-2H3,(H,32,37)/t24-/m1/s1.